The zero-order valence-corrected chi connectivity index (χ0v) is 15.8. The van der Waals surface area contributed by atoms with Crippen LogP contribution >= 0.6 is 22.6 Å². The molecule has 0 atom stereocenters. The molecule has 0 unspecified atom stereocenters. The summed E-state index contributed by atoms with van der Waals surface area (Å²) in [5.74, 6) is 0.450. The number of amides is 1. The smallest absolute Gasteiger partial charge is 0.251 e. The highest BCUT2D eigenvalue weighted by atomic mass is 127. The second-order valence-electron chi connectivity index (χ2n) is 5.73. The standard InChI is InChI=1S/C20H14IN3O2/c21-16-4-1-3-15(11-16)19(25)23-12-13-6-8-14(9-7-13)20-24-18-17(26-20)5-2-10-22-18/h1-11H,12H2,(H,23,25). The molecule has 0 spiro atoms. The van der Waals surface area contributed by atoms with Crippen molar-refractivity contribution in [1.82, 2.24) is 15.3 Å². The van der Waals surface area contributed by atoms with E-state index in [0.717, 1.165) is 14.7 Å². The fourth-order valence-corrected chi connectivity index (χ4v) is 3.11. The second kappa shape index (κ2) is 7.25. The van der Waals surface area contributed by atoms with Crippen molar-refractivity contribution in [3.63, 3.8) is 0 Å². The van der Waals surface area contributed by atoms with Crippen LogP contribution in [0.25, 0.3) is 22.7 Å². The van der Waals surface area contributed by atoms with Gasteiger partial charge >= 0.3 is 0 Å². The van der Waals surface area contributed by atoms with Crippen LogP contribution in [0.3, 0.4) is 0 Å². The summed E-state index contributed by atoms with van der Waals surface area (Å²) in [6, 6.07) is 18.9. The lowest BCUT2D eigenvalue weighted by Crippen LogP contribution is -2.22. The molecule has 0 bridgehead atoms. The van der Waals surface area contributed by atoms with E-state index < -0.39 is 0 Å². The largest absolute Gasteiger partial charge is 0.434 e. The van der Waals surface area contributed by atoms with Crippen molar-refractivity contribution in [3.05, 3.63) is 81.6 Å². The maximum atomic E-state index is 12.2. The quantitative estimate of drug-likeness (QED) is 0.463. The van der Waals surface area contributed by atoms with Crippen LogP contribution in [-0.2, 0) is 6.54 Å². The average Bonchev–Trinajstić information content (AvgIpc) is 3.11. The molecule has 2 aromatic heterocycles. The third-order valence-corrected chi connectivity index (χ3v) is 4.58. The molecule has 0 radical (unpaired) electrons. The number of benzene rings is 2. The van der Waals surface area contributed by atoms with Crippen LogP contribution in [0.2, 0.25) is 0 Å². The number of hydrogen-bond donors (Lipinski definition) is 1. The molecule has 5 nitrogen and oxygen atoms in total. The Labute approximate surface area is 163 Å². The summed E-state index contributed by atoms with van der Waals surface area (Å²) in [5, 5.41) is 2.93. The van der Waals surface area contributed by atoms with Crippen LogP contribution in [-0.4, -0.2) is 15.9 Å². The maximum Gasteiger partial charge on any atom is 0.251 e. The number of carbonyl (C=O) groups excluding carboxylic acids is 1. The summed E-state index contributed by atoms with van der Waals surface area (Å²) >= 11 is 2.19. The zero-order chi connectivity index (χ0) is 17.9. The lowest BCUT2D eigenvalue weighted by molar-refractivity contribution is 0.0951. The van der Waals surface area contributed by atoms with Gasteiger partial charge in [-0.05, 0) is 70.6 Å². The highest BCUT2D eigenvalue weighted by Gasteiger charge is 2.09. The molecular formula is C20H14IN3O2. The van der Waals surface area contributed by atoms with Crippen molar-refractivity contribution in [2.45, 2.75) is 6.54 Å². The van der Waals surface area contributed by atoms with E-state index in [0.29, 0.717) is 29.2 Å². The third-order valence-electron chi connectivity index (χ3n) is 3.91. The van der Waals surface area contributed by atoms with Crippen molar-refractivity contribution in [2.24, 2.45) is 0 Å². The molecule has 0 aliphatic rings. The lowest BCUT2D eigenvalue weighted by Gasteiger charge is -2.06. The van der Waals surface area contributed by atoms with E-state index in [-0.39, 0.29) is 5.91 Å². The Morgan fingerprint density at radius 1 is 1.08 bits per heavy atom. The first-order valence-electron chi connectivity index (χ1n) is 8.04. The van der Waals surface area contributed by atoms with Crippen LogP contribution < -0.4 is 5.32 Å². The fourth-order valence-electron chi connectivity index (χ4n) is 2.57. The van der Waals surface area contributed by atoms with Gasteiger partial charge in [0.05, 0.1) is 0 Å². The summed E-state index contributed by atoms with van der Waals surface area (Å²) in [5.41, 5.74) is 3.79. The Bertz CT molecular complexity index is 1040. The van der Waals surface area contributed by atoms with Gasteiger partial charge in [0, 0.05) is 27.4 Å². The molecule has 1 N–H and O–H groups in total. The molecule has 0 fully saturated rings. The molecule has 0 aliphatic carbocycles. The van der Waals surface area contributed by atoms with Crippen molar-refractivity contribution in [3.8, 4) is 11.5 Å². The number of halogens is 1. The Hall–Kier alpha value is -2.74. The van der Waals surface area contributed by atoms with E-state index in [1.54, 1.807) is 6.20 Å². The molecule has 0 aliphatic heterocycles. The van der Waals surface area contributed by atoms with E-state index >= 15 is 0 Å². The van der Waals surface area contributed by atoms with E-state index in [1.165, 1.54) is 0 Å². The van der Waals surface area contributed by atoms with Crippen molar-refractivity contribution < 1.29 is 9.21 Å². The molecule has 6 heteroatoms. The highest BCUT2D eigenvalue weighted by molar-refractivity contribution is 14.1. The first kappa shape index (κ1) is 16.7. The molecule has 2 aromatic carbocycles. The number of pyridine rings is 1. The number of aromatic nitrogens is 2. The summed E-state index contributed by atoms with van der Waals surface area (Å²) in [6.07, 6.45) is 1.69. The van der Waals surface area contributed by atoms with Gasteiger partial charge in [-0.3, -0.25) is 4.79 Å². The molecular weight excluding hydrogens is 441 g/mol. The van der Waals surface area contributed by atoms with Crippen LogP contribution in [0.5, 0.6) is 0 Å². The second-order valence-corrected chi connectivity index (χ2v) is 6.98. The molecule has 0 saturated carbocycles. The predicted molar refractivity (Wildman–Crippen MR) is 108 cm³/mol. The van der Waals surface area contributed by atoms with E-state index in [1.807, 2.05) is 60.7 Å². The van der Waals surface area contributed by atoms with Gasteiger partial charge in [-0.25, -0.2) is 4.98 Å². The minimum atomic E-state index is -0.0855. The van der Waals surface area contributed by atoms with Gasteiger partial charge in [-0.1, -0.05) is 18.2 Å². The maximum absolute atomic E-state index is 12.2. The van der Waals surface area contributed by atoms with Gasteiger partial charge in [-0.2, -0.15) is 4.98 Å². The highest BCUT2D eigenvalue weighted by Crippen LogP contribution is 2.23. The Kier molecular flexibility index (Phi) is 4.66. The van der Waals surface area contributed by atoms with Gasteiger partial charge in [0.15, 0.2) is 11.2 Å². The average molecular weight is 455 g/mol. The minimum absolute atomic E-state index is 0.0855. The summed E-state index contributed by atoms with van der Waals surface area (Å²) < 4.78 is 6.75. The number of rotatable bonds is 4. The Morgan fingerprint density at radius 2 is 1.92 bits per heavy atom. The molecule has 4 rings (SSSR count). The van der Waals surface area contributed by atoms with Crippen molar-refractivity contribution >= 4 is 39.7 Å². The van der Waals surface area contributed by atoms with Gasteiger partial charge in [0.1, 0.15) is 0 Å². The molecule has 2 heterocycles. The topological polar surface area (TPSA) is 68.0 Å². The lowest BCUT2D eigenvalue weighted by atomic mass is 10.1. The van der Waals surface area contributed by atoms with Crippen molar-refractivity contribution in [2.75, 3.05) is 0 Å². The number of carbonyl (C=O) groups is 1. The summed E-state index contributed by atoms with van der Waals surface area (Å²) in [7, 11) is 0. The monoisotopic (exact) mass is 455 g/mol. The van der Waals surface area contributed by atoms with E-state index in [2.05, 4.69) is 37.9 Å². The first-order chi connectivity index (χ1) is 12.7. The fraction of sp³-hybridized carbons (Fsp3) is 0.0500. The number of oxazole rings is 1. The zero-order valence-electron chi connectivity index (χ0n) is 13.6. The van der Waals surface area contributed by atoms with E-state index in [9.17, 15) is 4.79 Å². The van der Waals surface area contributed by atoms with Gasteiger partial charge < -0.3 is 9.73 Å². The van der Waals surface area contributed by atoms with Crippen LogP contribution in [0.4, 0.5) is 0 Å². The van der Waals surface area contributed by atoms with E-state index in [4.69, 9.17) is 4.42 Å². The van der Waals surface area contributed by atoms with Crippen LogP contribution in [0.1, 0.15) is 15.9 Å². The normalized spacial score (nSPS) is 10.8. The van der Waals surface area contributed by atoms with Crippen LogP contribution in [0, 0.1) is 3.57 Å². The predicted octanol–water partition coefficient (Wildman–Crippen LogP) is 4.42. The molecule has 0 saturated heterocycles. The third kappa shape index (κ3) is 3.60. The minimum Gasteiger partial charge on any atom is -0.434 e. The summed E-state index contributed by atoms with van der Waals surface area (Å²) in [6.45, 7) is 0.458. The van der Waals surface area contributed by atoms with Crippen molar-refractivity contribution in [1.29, 1.82) is 0 Å². The first-order valence-corrected chi connectivity index (χ1v) is 9.11. The Morgan fingerprint density at radius 3 is 2.69 bits per heavy atom. The number of hydrogen-bond acceptors (Lipinski definition) is 4. The number of nitrogens with one attached hydrogen (secondary N) is 1. The van der Waals surface area contributed by atoms with Crippen LogP contribution in [0.15, 0.2) is 71.3 Å². The molecule has 128 valence electrons. The van der Waals surface area contributed by atoms with Gasteiger partial charge in [-0.15, -0.1) is 0 Å². The molecule has 1 amide bonds. The molecule has 26 heavy (non-hydrogen) atoms. The number of fused-ring (bicyclic) bond motifs is 1. The van der Waals surface area contributed by atoms with Gasteiger partial charge in [0.25, 0.3) is 5.91 Å². The number of nitrogens with zero attached hydrogens (tertiary/aromatic N) is 2. The molecule has 4 aromatic rings. The Balaban J connectivity index is 1.45. The SMILES string of the molecule is O=C(NCc1ccc(-c2nc3ncccc3o2)cc1)c1cccc(I)c1. The summed E-state index contributed by atoms with van der Waals surface area (Å²) in [4.78, 5) is 20.8. The van der Waals surface area contributed by atoms with Gasteiger partial charge in [0.2, 0.25) is 5.89 Å².